The summed E-state index contributed by atoms with van der Waals surface area (Å²) in [5, 5.41) is 2.26. The van der Waals surface area contributed by atoms with Gasteiger partial charge >= 0.3 is 0 Å². The summed E-state index contributed by atoms with van der Waals surface area (Å²) >= 11 is 7.01. The van der Waals surface area contributed by atoms with Crippen LogP contribution in [0.4, 0.5) is 5.95 Å². The fourth-order valence-corrected chi connectivity index (χ4v) is 6.11. The number of carbonyl (C=O) groups excluding carboxylic acids is 1. The first-order chi connectivity index (χ1) is 17.5. The van der Waals surface area contributed by atoms with E-state index >= 15 is 0 Å². The van der Waals surface area contributed by atoms with Gasteiger partial charge in [-0.15, -0.1) is 0 Å². The summed E-state index contributed by atoms with van der Waals surface area (Å²) in [5.41, 5.74) is 14.6. The van der Waals surface area contributed by atoms with Gasteiger partial charge in [-0.3, -0.25) is 4.79 Å². The van der Waals surface area contributed by atoms with Crippen LogP contribution < -0.4 is 5.73 Å². The van der Waals surface area contributed by atoms with Crippen molar-refractivity contribution in [2.45, 2.75) is 44.9 Å². The van der Waals surface area contributed by atoms with Crippen molar-refractivity contribution in [3.05, 3.63) is 74.1 Å². The Labute approximate surface area is 225 Å². The fourth-order valence-electron chi connectivity index (χ4n) is 5.39. The highest BCUT2D eigenvalue weighted by Crippen LogP contribution is 2.38. The summed E-state index contributed by atoms with van der Waals surface area (Å²) < 4.78 is 2.10. The maximum atomic E-state index is 12.1. The summed E-state index contributed by atoms with van der Waals surface area (Å²) in [6.07, 6.45) is 8.78. The average molecular weight is 607 g/mol. The molecule has 2 aliphatic rings. The second-order valence-corrected chi connectivity index (χ2v) is 11.3. The zero-order valence-electron chi connectivity index (χ0n) is 19.6. The molecule has 0 saturated carbocycles. The molecule has 8 heteroatoms. The van der Waals surface area contributed by atoms with Crippen LogP contribution >= 0.6 is 31.9 Å². The minimum atomic E-state index is 0.289. The zero-order chi connectivity index (χ0) is 24.8. The standard InChI is InChI=1S/C15H13BrN4.C13H12BrNO/c16-9-4-5-11-10(6-9)13-12(19-11)3-1-2-8-7-18-15(17)20-14(8)13;14-8-5-6-10-9(7-8)13-11(15-10)3-1-2-4-12(13)16/h4-7,19H,1-3H2,(H2,17,18,20);5-7,15H,1-4H2. The summed E-state index contributed by atoms with van der Waals surface area (Å²) in [7, 11) is 0. The van der Waals surface area contributed by atoms with Crippen LogP contribution in [0.25, 0.3) is 33.1 Å². The highest BCUT2D eigenvalue weighted by atomic mass is 79.9. The van der Waals surface area contributed by atoms with Gasteiger partial charge in [-0.05, 0) is 80.5 Å². The van der Waals surface area contributed by atoms with Gasteiger partial charge in [0.15, 0.2) is 5.78 Å². The minimum absolute atomic E-state index is 0.289. The fraction of sp³-hybridized carbons (Fsp3) is 0.250. The molecule has 3 aromatic heterocycles. The number of aryl methyl sites for hydroxylation is 3. The van der Waals surface area contributed by atoms with Crippen molar-refractivity contribution in [2.24, 2.45) is 0 Å². The normalized spacial score (nSPS) is 14.9. The molecule has 0 saturated heterocycles. The van der Waals surface area contributed by atoms with E-state index < -0.39 is 0 Å². The Hall–Kier alpha value is -2.97. The molecule has 182 valence electrons. The van der Waals surface area contributed by atoms with Gasteiger partial charge in [0, 0.05) is 65.9 Å². The lowest BCUT2D eigenvalue weighted by Gasteiger charge is -2.06. The number of nitrogens with zero attached hydrogens (tertiary/aromatic N) is 2. The van der Waals surface area contributed by atoms with Crippen LogP contribution in [-0.4, -0.2) is 25.7 Å². The number of benzene rings is 2. The first-order valence-electron chi connectivity index (χ1n) is 12.2. The van der Waals surface area contributed by atoms with E-state index in [2.05, 4.69) is 63.9 Å². The highest BCUT2D eigenvalue weighted by molar-refractivity contribution is 9.10. The van der Waals surface area contributed by atoms with Gasteiger partial charge in [0.25, 0.3) is 0 Å². The Morgan fingerprint density at radius 1 is 0.778 bits per heavy atom. The summed E-state index contributed by atoms with van der Waals surface area (Å²) in [6, 6.07) is 12.3. The van der Waals surface area contributed by atoms with Gasteiger partial charge in [-0.25, -0.2) is 9.97 Å². The Morgan fingerprint density at radius 2 is 1.39 bits per heavy atom. The van der Waals surface area contributed by atoms with Crippen LogP contribution in [0.15, 0.2) is 51.5 Å². The molecular weight excluding hydrogens is 582 g/mol. The number of ketones is 1. The number of aromatic amines is 2. The van der Waals surface area contributed by atoms with Gasteiger partial charge in [0.05, 0.1) is 5.69 Å². The molecule has 6 nitrogen and oxygen atoms in total. The maximum Gasteiger partial charge on any atom is 0.220 e. The number of aromatic nitrogens is 4. The van der Waals surface area contributed by atoms with Gasteiger partial charge in [0.2, 0.25) is 5.95 Å². The molecule has 0 radical (unpaired) electrons. The number of nitrogens with one attached hydrogen (secondary N) is 2. The third kappa shape index (κ3) is 4.26. The number of hydrogen-bond donors (Lipinski definition) is 3. The number of hydrogen-bond acceptors (Lipinski definition) is 4. The molecule has 0 unspecified atom stereocenters. The largest absolute Gasteiger partial charge is 0.368 e. The van der Waals surface area contributed by atoms with Crippen molar-refractivity contribution in [3.8, 4) is 11.3 Å². The van der Waals surface area contributed by atoms with E-state index in [1.165, 1.54) is 22.2 Å². The molecule has 3 heterocycles. The lowest BCUT2D eigenvalue weighted by Crippen LogP contribution is -1.99. The number of halogens is 2. The van der Waals surface area contributed by atoms with E-state index in [0.717, 1.165) is 80.8 Å². The molecule has 0 amide bonds. The highest BCUT2D eigenvalue weighted by Gasteiger charge is 2.22. The molecule has 0 aliphatic heterocycles. The monoisotopic (exact) mass is 605 g/mol. The van der Waals surface area contributed by atoms with Crippen LogP contribution in [0.3, 0.4) is 0 Å². The van der Waals surface area contributed by atoms with Crippen LogP contribution in [0.2, 0.25) is 0 Å². The molecule has 4 N–H and O–H groups in total. The van der Waals surface area contributed by atoms with Crippen molar-refractivity contribution in [3.63, 3.8) is 0 Å². The molecule has 36 heavy (non-hydrogen) atoms. The molecule has 0 spiro atoms. The Morgan fingerprint density at radius 3 is 2.11 bits per heavy atom. The Kier molecular flexibility index (Phi) is 6.17. The molecule has 0 bridgehead atoms. The van der Waals surface area contributed by atoms with E-state index in [1.54, 1.807) is 0 Å². The second kappa shape index (κ2) is 9.48. The smallest absolute Gasteiger partial charge is 0.220 e. The number of Topliss-reactive ketones (excluding diaryl/α,β-unsaturated/α-hetero) is 1. The number of carbonyl (C=O) groups is 1. The summed E-state index contributed by atoms with van der Waals surface area (Å²) in [4.78, 5) is 27.6. The third-order valence-electron chi connectivity index (χ3n) is 7.03. The van der Waals surface area contributed by atoms with Gasteiger partial charge in [0.1, 0.15) is 0 Å². The molecule has 2 aliphatic carbocycles. The van der Waals surface area contributed by atoms with E-state index in [0.29, 0.717) is 12.4 Å². The second-order valence-electron chi connectivity index (χ2n) is 9.42. The van der Waals surface area contributed by atoms with Crippen molar-refractivity contribution in [1.82, 2.24) is 19.9 Å². The molecule has 0 fully saturated rings. The van der Waals surface area contributed by atoms with Gasteiger partial charge < -0.3 is 15.7 Å². The van der Waals surface area contributed by atoms with Crippen molar-refractivity contribution in [1.29, 1.82) is 0 Å². The molecule has 5 aromatic rings. The Balaban J connectivity index is 0.000000137. The number of anilines is 1. The quantitative estimate of drug-likeness (QED) is 0.161. The van der Waals surface area contributed by atoms with Crippen LogP contribution in [0.1, 0.15) is 53.0 Å². The van der Waals surface area contributed by atoms with E-state index in [-0.39, 0.29) is 5.78 Å². The summed E-state index contributed by atoms with van der Waals surface area (Å²) in [6.45, 7) is 0. The van der Waals surface area contributed by atoms with Gasteiger partial charge in [-0.2, -0.15) is 0 Å². The predicted molar refractivity (Wildman–Crippen MR) is 151 cm³/mol. The zero-order valence-corrected chi connectivity index (χ0v) is 22.8. The van der Waals surface area contributed by atoms with Crippen LogP contribution in [-0.2, 0) is 19.3 Å². The van der Waals surface area contributed by atoms with Crippen LogP contribution in [0, 0.1) is 0 Å². The SMILES string of the molecule is Nc1ncc2c(n1)-c1c([nH]c3ccc(Br)cc13)CCC2.O=C1CCCCc2[nH]c3ccc(Br)cc3c21. The van der Waals surface area contributed by atoms with E-state index in [4.69, 9.17) is 5.73 Å². The number of nitrogens with two attached hydrogens (primary N) is 1. The number of fused-ring (bicyclic) bond motifs is 8. The molecule has 2 aromatic carbocycles. The lowest BCUT2D eigenvalue weighted by molar-refractivity contribution is 0.0983. The first-order valence-corrected chi connectivity index (χ1v) is 13.8. The molecule has 7 rings (SSSR count). The topological polar surface area (TPSA) is 100 Å². The molecule has 0 atom stereocenters. The van der Waals surface area contributed by atoms with Crippen molar-refractivity contribution < 1.29 is 4.79 Å². The minimum Gasteiger partial charge on any atom is -0.368 e. The predicted octanol–water partition coefficient (Wildman–Crippen LogP) is 7.30. The first kappa shape index (κ1) is 23.4. The molecular formula is C28H25Br2N5O. The van der Waals surface area contributed by atoms with Crippen molar-refractivity contribution in [2.75, 3.05) is 5.73 Å². The van der Waals surface area contributed by atoms with Gasteiger partial charge in [-0.1, -0.05) is 31.9 Å². The summed E-state index contributed by atoms with van der Waals surface area (Å²) in [5.74, 6) is 0.623. The van der Waals surface area contributed by atoms with Crippen molar-refractivity contribution >= 4 is 65.4 Å². The maximum absolute atomic E-state index is 12.1. The third-order valence-corrected chi connectivity index (χ3v) is 8.02. The van der Waals surface area contributed by atoms with E-state index in [1.807, 2.05) is 30.5 Å². The number of rotatable bonds is 0. The Bertz CT molecular complexity index is 1630. The lowest BCUT2D eigenvalue weighted by atomic mass is 10.0. The van der Waals surface area contributed by atoms with Crippen LogP contribution in [0.5, 0.6) is 0 Å². The number of H-pyrrole nitrogens is 2. The van der Waals surface area contributed by atoms with E-state index in [9.17, 15) is 4.79 Å². The number of nitrogen functional groups attached to an aromatic ring is 1. The average Bonchev–Trinajstić information content (AvgIpc) is 3.26.